The molecule has 0 saturated carbocycles. The number of morpholine rings is 1. The number of urea groups is 1. The molecule has 180 valence electrons. The summed E-state index contributed by atoms with van der Waals surface area (Å²) in [6, 6.07) is 2.15. The van der Waals surface area contributed by atoms with Gasteiger partial charge in [0.15, 0.2) is 0 Å². The maximum Gasteiger partial charge on any atom is 0.430 e. The zero-order chi connectivity index (χ0) is 24.2. The maximum atomic E-state index is 13.1. The third-order valence-electron chi connectivity index (χ3n) is 4.95. The first-order valence-electron chi connectivity index (χ1n) is 9.61. The number of carboxylic acids is 1. The highest BCUT2D eigenvalue weighted by molar-refractivity contribution is 5.92. The van der Waals surface area contributed by atoms with Crippen molar-refractivity contribution in [3.8, 4) is 0 Å². The minimum absolute atomic E-state index is 0.00673. The van der Waals surface area contributed by atoms with Gasteiger partial charge in [-0.25, -0.2) is 4.79 Å². The van der Waals surface area contributed by atoms with Gasteiger partial charge in [0, 0.05) is 37.3 Å². The van der Waals surface area contributed by atoms with Gasteiger partial charge in [-0.15, -0.1) is 0 Å². The summed E-state index contributed by atoms with van der Waals surface area (Å²) in [6.07, 6.45) is -11.8. The molecule has 1 fully saturated rings. The average Bonchev–Trinajstić information content (AvgIpc) is 2.72. The molecule has 2 N–H and O–H groups in total. The first kappa shape index (κ1) is 25.7. The van der Waals surface area contributed by atoms with Crippen LogP contribution in [-0.2, 0) is 15.1 Å². The number of amides is 2. The summed E-state index contributed by atoms with van der Waals surface area (Å²) in [5.41, 5.74) is -6.50. The Morgan fingerprint density at radius 2 is 1.50 bits per heavy atom. The second kappa shape index (κ2) is 9.94. The van der Waals surface area contributed by atoms with Gasteiger partial charge < -0.3 is 19.8 Å². The van der Waals surface area contributed by atoms with E-state index < -0.39 is 35.5 Å². The van der Waals surface area contributed by atoms with Crippen LogP contribution in [0.3, 0.4) is 0 Å². The number of aliphatic carboxylic acids is 1. The Labute approximate surface area is 179 Å². The average molecular weight is 472 g/mol. The lowest BCUT2D eigenvalue weighted by atomic mass is 9.92. The van der Waals surface area contributed by atoms with Crippen LogP contribution in [0.1, 0.15) is 24.8 Å². The molecule has 1 heterocycles. The Kier molecular flexibility index (Phi) is 7.99. The molecule has 0 aliphatic carbocycles. The third kappa shape index (κ3) is 5.63. The zero-order valence-corrected chi connectivity index (χ0v) is 16.7. The van der Waals surface area contributed by atoms with E-state index in [0.717, 1.165) is 17.0 Å². The summed E-state index contributed by atoms with van der Waals surface area (Å²) in [5.74, 6) is -1.04. The highest BCUT2D eigenvalue weighted by Gasteiger charge is 2.71. The van der Waals surface area contributed by atoms with E-state index in [-0.39, 0.29) is 57.8 Å². The van der Waals surface area contributed by atoms with Gasteiger partial charge in [-0.05, 0) is 25.0 Å². The minimum Gasteiger partial charge on any atom is -0.481 e. The number of unbranched alkanes of at least 4 members (excludes halogenated alkanes) is 1. The molecule has 1 aliphatic rings. The molecule has 1 saturated heterocycles. The Hall–Kier alpha value is -2.54. The number of nitrogens with zero attached hydrogens (tertiary/aromatic N) is 2. The number of hydrogen-bond donors (Lipinski definition) is 2. The number of halogens is 6. The number of benzene rings is 1. The predicted octanol–water partition coefficient (Wildman–Crippen LogP) is 3.51. The molecule has 0 bridgehead atoms. The molecule has 13 heteroatoms. The second-order valence-electron chi connectivity index (χ2n) is 7.14. The van der Waals surface area contributed by atoms with Gasteiger partial charge >= 0.3 is 24.4 Å². The second-order valence-corrected chi connectivity index (χ2v) is 7.14. The number of hydrogen-bond acceptors (Lipinski definition) is 4. The smallest absolute Gasteiger partial charge is 0.430 e. The fourth-order valence-electron chi connectivity index (χ4n) is 3.18. The zero-order valence-electron chi connectivity index (χ0n) is 16.7. The van der Waals surface area contributed by atoms with Gasteiger partial charge in [-0.1, -0.05) is 12.1 Å². The highest BCUT2D eigenvalue weighted by atomic mass is 19.4. The number of alkyl halides is 6. The summed E-state index contributed by atoms with van der Waals surface area (Å²) < 4.78 is 83.7. The third-order valence-corrected chi connectivity index (χ3v) is 4.95. The maximum absolute atomic E-state index is 13.1. The van der Waals surface area contributed by atoms with Crippen LogP contribution in [0, 0.1) is 0 Å². The molecule has 1 aromatic rings. The Morgan fingerprint density at radius 3 is 1.97 bits per heavy atom. The Balaban J connectivity index is 2.32. The van der Waals surface area contributed by atoms with Crippen molar-refractivity contribution in [2.45, 2.75) is 37.2 Å². The minimum atomic E-state index is -6.02. The molecule has 32 heavy (non-hydrogen) atoms. The van der Waals surface area contributed by atoms with Crippen molar-refractivity contribution in [3.63, 3.8) is 0 Å². The van der Waals surface area contributed by atoms with Crippen molar-refractivity contribution in [3.05, 3.63) is 29.8 Å². The highest BCUT2D eigenvalue weighted by Crippen LogP contribution is 2.50. The monoisotopic (exact) mass is 472 g/mol. The summed E-state index contributed by atoms with van der Waals surface area (Å²) in [5, 5.41) is 18.3. The number of anilines is 1. The molecule has 0 spiro atoms. The van der Waals surface area contributed by atoms with Crippen molar-refractivity contribution < 1.29 is 50.9 Å². The van der Waals surface area contributed by atoms with Crippen molar-refractivity contribution >= 4 is 17.7 Å². The first-order valence-corrected chi connectivity index (χ1v) is 9.61. The normalized spacial score (nSPS) is 15.5. The number of aliphatic hydroxyl groups is 1. The molecule has 0 unspecified atom stereocenters. The molecule has 1 aromatic carbocycles. The van der Waals surface area contributed by atoms with Crippen LogP contribution in [0.15, 0.2) is 24.3 Å². The number of ether oxygens (including phenoxy) is 1. The van der Waals surface area contributed by atoms with Crippen LogP contribution < -0.4 is 4.90 Å². The molecule has 2 amide bonds. The van der Waals surface area contributed by atoms with E-state index in [1.165, 1.54) is 4.90 Å². The van der Waals surface area contributed by atoms with Gasteiger partial charge in [0.05, 0.1) is 13.2 Å². The largest absolute Gasteiger partial charge is 0.481 e. The number of rotatable bonds is 7. The van der Waals surface area contributed by atoms with E-state index in [9.17, 15) is 41.0 Å². The van der Waals surface area contributed by atoms with E-state index in [2.05, 4.69) is 0 Å². The van der Waals surface area contributed by atoms with E-state index in [1.807, 2.05) is 0 Å². The van der Waals surface area contributed by atoms with Crippen molar-refractivity contribution in [2.24, 2.45) is 0 Å². The molecular weight excluding hydrogens is 450 g/mol. The molecule has 1 aliphatic heterocycles. The summed E-state index contributed by atoms with van der Waals surface area (Å²) >= 11 is 0. The van der Waals surface area contributed by atoms with E-state index >= 15 is 0 Å². The summed E-state index contributed by atoms with van der Waals surface area (Å²) in [6.45, 7) is 1.00. The summed E-state index contributed by atoms with van der Waals surface area (Å²) in [4.78, 5) is 26.1. The van der Waals surface area contributed by atoms with Crippen molar-refractivity contribution in [1.29, 1.82) is 0 Å². The van der Waals surface area contributed by atoms with Crippen LogP contribution in [0.25, 0.3) is 0 Å². The molecule has 7 nitrogen and oxygen atoms in total. The van der Waals surface area contributed by atoms with Crippen molar-refractivity contribution in [2.75, 3.05) is 37.7 Å². The molecular formula is C19H22F6N2O5. The van der Waals surface area contributed by atoms with Gasteiger partial charge in [-0.3, -0.25) is 9.69 Å². The fourth-order valence-corrected chi connectivity index (χ4v) is 3.18. The van der Waals surface area contributed by atoms with E-state index in [0.29, 0.717) is 12.1 Å². The van der Waals surface area contributed by atoms with Gasteiger partial charge in [0.1, 0.15) is 0 Å². The van der Waals surface area contributed by atoms with Crippen LogP contribution in [0.2, 0.25) is 0 Å². The Bertz CT molecular complexity index is 777. The Morgan fingerprint density at radius 1 is 0.969 bits per heavy atom. The predicted molar refractivity (Wildman–Crippen MR) is 99.1 cm³/mol. The van der Waals surface area contributed by atoms with Gasteiger partial charge in [-0.2, -0.15) is 26.3 Å². The lowest BCUT2D eigenvalue weighted by Gasteiger charge is -2.34. The molecule has 0 radical (unpaired) electrons. The standard InChI is InChI=1S/C19H22F6N2O5/c20-18(21,22)17(31,19(23,24)25)13-4-6-14(7-5-13)27(8-2-1-3-15(28)29)16(30)26-9-11-32-12-10-26/h4-7,31H,1-3,8-12H2,(H,28,29). The summed E-state index contributed by atoms with van der Waals surface area (Å²) in [7, 11) is 0. The first-order chi connectivity index (χ1) is 14.8. The SMILES string of the molecule is O=C(O)CCCCN(C(=O)N1CCOCC1)c1ccc(C(O)(C(F)(F)F)C(F)(F)F)cc1. The molecule has 0 aromatic heterocycles. The van der Waals surface area contributed by atoms with Gasteiger partial charge in [0.25, 0.3) is 5.60 Å². The lowest BCUT2D eigenvalue weighted by Crippen LogP contribution is -2.54. The number of carbonyl (C=O) groups is 2. The van der Waals surface area contributed by atoms with E-state index in [1.54, 1.807) is 0 Å². The lowest BCUT2D eigenvalue weighted by molar-refractivity contribution is -0.376. The number of carboxylic acid groups (broad SMARTS) is 1. The van der Waals surface area contributed by atoms with Crippen molar-refractivity contribution in [1.82, 2.24) is 4.90 Å². The topological polar surface area (TPSA) is 90.3 Å². The van der Waals surface area contributed by atoms with Crippen LogP contribution in [-0.4, -0.2) is 72.3 Å². The van der Waals surface area contributed by atoms with Crippen LogP contribution in [0.4, 0.5) is 36.8 Å². The van der Waals surface area contributed by atoms with Crippen LogP contribution in [0.5, 0.6) is 0 Å². The van der Waals surface area contributed by atoms with E-state index in [4.69, 9.17) is 9.84 Å². The fraction of sp³-hybridized carbons (Fsp3) is 0.579. The van der Waals surface area contributed by atoms with Gasteiger partial charge in [0.2, 0.25) is 0 Å². The quantitative estimate of drug-likeness (QED) is 0.468. The molecule has 2 rings (SSSR count). The van der Waals surface area contributed by atoms with Crippen LogP contribution >= 0.6 is 0 Å². The molecule has 0 atom stereocenters. The number of carbonyl (C=O) groups excluding carboxylic acids is 1.